The van der Waals surface area contributed by atoms with Gasteiger partial charge in [-0.05, 0) is 47.6 Å². The summed E-state index contributed by atoms with van der Waals surface area (Å²) in [7, 11) is 0. The maximum absolute atomic E-state index is 11.9. The number of hydrogen-bond acceptors (Lipinski definition) is 12. The van der Waals surface area contributed by atoms with E-state index < -0.39 is 12.1 Å². The largest absolute Gasteiger partial charge is 0.510 e. The summed E-state index contributed by atoms with van der Waals surface area (Å²) in [5.41, 5.74) is 3.30. The highest BCUT2D eigenvalue weighted by atomic mass is 35.5. The zero-order chi connectivity index (χ0) is 32.2. The quantitative estimate of drug-likeness (QED) is 0.0770. The molecule has 0 spiro atoms. The standard InChI is InChI=1S/C29H34ClN7O8/c1-2-3-11-24-31-26(30)25(28(38)39)35(24)18-20-12-14-21(15-13-20)22-9-5-6-10-23(22)27-32-34-36(33-27)19-44-29(40)43-16-7-4-8-17-45-37(41)42/h5-6,9-10,12-15,41-42H,2-4,7-8,11,16-19H2,1H3,(H,38,39). The molecule has 0 amide bonds. The molecule has 0 atom stereocenters. The van der Waals surface area contributed by atoms with Gasteiger partial charge in [0.05, 0.1) is 18.6 Å². The second-order valence-corrected chi connectivity index (χ2v) is 10.3. The SMILES string of the molecule is CCCCc1nc(Cl)c(C(=O)O)n1Cc1ccc(-c2ccccc2-c2nnn(COC(=O)OCCCCCON(O)O)n2)cc1. The van der Waals surface area contributed by atoms with Crippen LogP contribution in [-0.4, -0.2) is 76.0 Å². The van der Waals surface area contributed by atoms with Crippen LogP contribution in [0.5, 0.6) is 0 Å². The number of rotatable bonds is 17. The fourth-order valence-corrected chi connectivity index (χ4v) is 4.79. The number of carbonyl (C=O) groups is 2. The van der Waals surface area contributed by atoms with Gasteiger partial charge in [-0.15, -0.1) is 15.0 Å². The van der Waals surface area contributed by atoms with Gasteiger partial charge in [0.1, 0.15) is 5.82 Å². The van der Waals surface area contributed by atoms with Crippen molar-refractivity contribution in [2.75, 3.05) is 13.2 Å². The molecule has 0 saturated carbocycles. The fourth-order valence-electron chi connectivity index (χ4n) is 4.51. The minimum Gasteiger partial charge on any atom is -0.476 e. The monoisotopic (exact) mass is 643 g/mol. The Kier molecular flexibility index (Phi) is 12.4. The van der Waals surface area contributed by atoms with Gasteiger partial charge in [0.15, 0.2) is 10.8 Å². The van der Waals surface area contributed by atoms with Crippen molar-refractivity contribution < 1.29 is 39.4 Å². The molecule has 2 aromatic heterocycles. The number of tetrazole rings is 1. The van der Waals surface area contributed by atoms with Crippen molar-refractivity contribution in [1.29, 1.82) is 0 Å². The maximum Gasteiger partial charge on any atom is 0.510 e. The van der Waals surface area contributed by atoms with E-state index in [0.717, 1.165) is 34.3 Å². The van der Waals surface area contributed by atoms with Crippen molar-refractivity contribution >= 4 is 23.7 Å². The highest BCUT2D eigenvalue weighted by Crippen LogP contribution is 2.30. The van der Waals surface area contributed by atoms with Gasteiger partial charge in [-0.2, -0.15) is 0 Å². The third kappa shape index (κ3) is 9.54. The van der Waals surface area contributed by atoms with Gasteiger partial charge in [0, 0.05) is 18.5 Å². The summed E-state index contributed by atoms with van der Waals surface area (Å²) in [5.74, 6) is -0.151. The predicted molar refractivity (Wildman–Crippen MR) is 158 cm³/mol. The molecule has 2 aromatic carbocycles. The van der Waals surface area contributed by atoms with Gasteiger partial charge in [-0.1, -0.05) is 73.5 Å². The van der Waals surface area contributed by atoms with E-state index in [1.165, 1.54) is 0 Å². The normalized spacial score (nSPS) is 11.2. The van der Waals surface area contributed by atoms with Crippen molar-refractivity contribution in [3.05, 3.63) is 70.8 Å². The lowest BCUT2D eigenvalue weighted by molar-refractivity contribution is -0.492. The molecule has 3 N–H and O–H groups in total. The third-order valence-corrected chi connectivity index (χ3v) is 6.96. The first kappa shape index (κ1) is 33.5. The van der Waals surface area contributed by atoms with Crippen LogP contribution in [0.15, 0.2) is 48.5 Å². The van der Waals surface area contributed by atoms with Crippen LogP contribution in [0.4, 0.5) is 4.79 Å². The molecule has 45 heavy (non-hydrogen) atoms. The molecule has 0 aliphatic carbocycles. The summed E-state index contributed by atoms with van der Waals surface area (Å²) in [4.78, 5) is 33.7. The summed E-state index contributed by atoms with van der Waals surface area (Å²) < 4.78 is 11.7. The molecule has 0 aliphatic rings. The Balaban J connectivity index is 1.37. The lowest BCUT2D eigenvalue weighted by Gasteiger charge is -2.12. The van der Waals surface area contributed by atoms with Crippen LogP contribution in [0.2, 0.25) is 5.15 Å². The van der Waals surface area contributed by atoms with E-state index in [1.807, 2.05) is 48.5 Å². The zero-order valence-electron chi connectivity index (χ0n) is 24.6. The maximum atomic E-state index is 11.9. The van der Waals surface area contributed by atoms with Crippen LogP contribution >= 0.6 is 11.6 Å². The molecule has 15 nitrogen and oxygen atoms in total. The second-order valence-electron chi connectivity index (χ2n) is 9.91. The Morgan fingerprint density at radius 3 is 2.40 bits per heavy atom. The van der Waals surface area contributed by atoms with E-state index in [1.54, 1.807) is 4.57 Å². The summed E-state index contributed by atoms with van der Waals surface area (Å²) in [6, 6.07) is 15.2. The number of halogens is 1. The number of aromatic nitrogens is 6. The molecule has 0 radical (unpaired) electrons. The summed E-state index contributed by atoms with van der Waals surface area (Å²) in [6.07, 6.45) is 3.29. The van der Waals surface area contributed by atoms with Gasteiger partial charge in [0.25, 0.3) is 0 Å². The summed E-state index contributed by atoms with van der Waals surface area (Å²) in [5, 5.41) is 38.7. The van der Waals surface area contributed by atoms with Crippen LogP contribution in [0.1, 0.15) is 60.9 Å². The van der Waals surface area contributed by atoms with Gasteiger partial charge in [-0.25, -0.2) is 14.6 Å². The molecule has 4 rings (SSSR count). The van der Waals surface area contributed by atoms with E-state index in [-0.39, 0.29) is 36.2 Å². The number of hydrogen-bond donors (Lipinski definition) is 3. The number of carboxylic acid groups (broad SMARTS) is 1. The summed E-state index contributed by atoms with van der Waals surface area (Å²) in [6.45, 7) is 2.31. The number of unbranched alkanes of at least 4 members (excludes halogenated alkanes) is 3. The van der Waals surface area contributed by atoms with Crippen molar-refractivity contribution in [3.8, 4) is 22.5 Å². The smallest absolute Gasteiger partial charge is 0.476 e. The van der Waals surface area contributed by atoms with Gasteiger partial charge in [0.2, 0.25) is 12.6 Å². The fraction of sp³-hybridized carbons (Fsp3) is 0.379. The first-order chi connectivity index (χ1) is 21.8. The average molecular weight is 644 g/mol. The Bertz CT molecular complexity index is 1560. The number of carbonyl (C=O) groups excluding carboxylic acids is 1. The number of imidazole rings is 1. The van der Waals surface area contributed by atoms with Crippen molar-refractivity contribution in [2.45, 2.75) is 58.7 Å². The summed E-state index contributed by atoms with van der Waals surface area (Å²) >= 11 is 6.18. The van der Waals surface area contributed by atoms with Gasteiger partial charge < -0.3 is 19.1 Å². The topological polar surface area (TPSA) is 187 Å². The van der Waals surface area contributed by atoms with Crippen LogP contribution in [0.3, 0.4) is 0 Å². The average Bonchev–Trinajstić information content (AvgIpc) is 3.62. The van der Waals surface area contributed by atoms with E-state index in [4.69, 9.17) is 31.5 Å². The lowest BCUT2D eigenvalue weighted by Crippen LogP contribution is -2.15. The number of benzene rings is 2. The molecule has 0 bridgehead atoms. The zero-order valence-corrected chi connectivity index (χ0v) is 25.3. The first-order valence-corrected chi connectivity index (χ1v) is 14.7. The van der Waals surface area contributed by atoms with Gasteiger partial charge >= 0.3 is 12.1 Å². The minimum absolute atomic E-state index is 0.0132. The van der Waals surface area contributed by atoms with E-state index in [2.05, 4.69) is 32.2 Å². The second kappa shape index (κ2) is 16.6. The van der Waals surface area contributed by atoms with E-state index in [9.17, 15) is 14.7 Å². The number of carboxylic acids is 1. The Hall–Kier alpha value is -4.41. The molecular formula is C29H34ClN7O8. The Morgan fingerprint density at radius 2 is 1.69 bits per heavy atom. The molecule has 240 valence electrons. The highest BCUT2D eigenvalue weighted by molar-refractivity contribution is 6.32. The van der Waals surface area contributed by atoms with Crippen molar-refractivity contribution in [2.24, 2.45) is 0 Å². The van der Waals surface area contributed by atoms with E-state index >= 15 is 0 Å². The molecule has 0 fully saturated rings. The molecule has 0 saturated heterocycles. The predicted octanol–water partition coefficient (Wildman–Crippen LogP) is 5.24. The highest BCUT2D eigenvalue weighted by Gasteiger charge is 2.21. The molecule has 2 heterocycles. The van der Waals surface area contributed by atoms with Crippen LogP contribution in [0, 0.1) is 0 Å². The first-order valence-electron chi connectivity index (χ1n) is 14.3. The van der Waals surface area contributed by atoms with Crippen molar-refractivity contribution in [3.63, 3.8) is 0 Å². The van der Waals surface area contributed by atoms with E-state index in [0.29, 0.717) is 49.4 Å². The molecular weight excluding hydrogens is 610 g/mol. The Morgan fingerprint density at radius 1 is 0.956 bits per heavy atom. The van der Waals surface area contributed by atoms with Crippen LogP contribution in [0.25, 0.3) is 22.5 Å². The van der Waals surface area contributed by atoms with Gasteiger partial charge in [-0.3, -0.25) is 15.3 Å². The number of aryl methyl sites for hydroxylation is 1. The molecule has 16 heteroatoms. The molecule has 0 aliphatic heterocycles. The number of ether oxygens (including phenoxy) is 2. The van der Waals surface area contributed by atoms with Crippen molar-refractivity contribution in [1.82, 2.24) is 35.1 Å². The molecule has 4 aromatic rings. The van der Waals surface area contributed by atoms with Crippen LogP contribution < -0.4 is 0 Å². The third-order valence-electron chi connectivity index (χ3n) is 6.70. The van der Waals surface area contributed by atoms with Crippen LogP contribution in [-0.2, 0) is 34.0 Å². The Labute approximate surface area is 263 Å². The number of nitrogens with zero attached hydrogens (tertiary/aromatic N) is 7. The molecule has 0 unspecified atom stereocenters. The lowest BCUT2D eigenvalue weighted by atomic mass is 9.98. The minimum atomic E-state index is -1.12. The number of aromatic carboxylic acids is 1.